The minimum absolute atomic E-state index is 0.0771. The number of carbonyl (C=O) groups excluding carboxylic acids is 1. The Morgan fingerprint density at radius 3 is 2.53 bits per heavy atom. The summed E-state index contributed by atoms with van der Waals surface area (Å²) in [4.78, 5) is 22.2. The highest BCUT2D eigenvalue weighted by atomic mass is 79.9. The van der Waals surface area contributed by atoms with Crippen molar-refractivity contribution in [1.29, 1.82) is 0 Å². The minimum Gasteiger partial charge on any atom is -0.481 e. The molecule has 0 saturated carbocycles. The van der Waals surface area contributed by atoms with Crippen LogP contribution in [0.5, 0.6) is 0 Å². The van der Waals surface area contributed by atoms with Crippen molar-refractivity contribution in [2.24, 2.45) is 0 Å². The third kappa shape index (κ3) is 3.54. The van der Waals surface area contributed by atoms with Crippen LogP contribution in [-0.2, 0) is 4.79 Å². The number of carbonyl (C=O) groups is 2. The second-order valence-electron chi connectivity index (χ2n) is 4.11. The number of amides is 1. The molecule has 4 nitrogen and oxygen atoms in total. The van der Waals surface area contributed by atoms with Crippen molar-refractivity contribution in [2.75, 3.05) is 6.54 Å². The Labute approximate surface area is 118 Å². The van der Waals surface area contributed by atoms with Crippen LogP contribution in [0.4, 0.5) is 0 Å². The number of carboxylic acid groups (broad SMARTS) is 1. The minimum atomic E-state index is -0.927. The van der Waals surface area contributed by atoms with Crippen molar-refractivity contribution in [1.82, 2.24) is 5.32 Å². The normalized spacial score (nSPS) is 10.4. The standard InChI is InChI=1S/C14H12BrNO3/c15-12-4-3-9-7-11(2-1-10(9)8-12)14(19)16-6-5-13(17)18/h1-4,7-8H,5-6H2,(H,16,19)(H,17,18). The van der Waals surface area contributed by atoms with E-state index in [1.807, 2.05) is 24.3 Å². The number of benzene rings is 2. The predicted octanol–water partition coefficient (Wildman–Crippen LogP) is 2.81. The quantitative estimate of drug-likeness (QED) is 0.910. The van der Waals surface area contributed by atoms with Crippen molar-refractivity contribution in [3.8, 4) is 0 Å². The van der Waals surface area contributed by atoms with Gasteiger partial charge in [0.2, 0.25) is 0 Å². The summed E-state index contributed by atoms with van der Waals surface area (Å²) in [5.74, 6) is -1.19. The topological polar surface area (TPSA) is 66.4 Å². The summed E-state index contributed by atoms with van der Waals surface area (Å²) in [6.45, 7) is 0.131. The second-order valence-corrected chi connectivity index (χ2v) is 5.02. The lowest BCUT2D eigenvalue weighted by Crippen LogP contribution is -2.25. The Bertz CT molecular complexity index is 640. The van der Waals surface area contributed by atoms with E-state index in [2.05, 4.69) is 21.2 Å². The summed E-state index contributed by atoms with van der Waals surface area (Å²) < 4.78 is 0.985. The predicted molar refractivity (Wildman–Crippen MR) is 76.2 cm³/mol. The number of hydrogen-bond acceptors (Lipinski definition) is 2. The van der Waals surface area contributed by atoms with Gasteiger partial charge in [0.1, 0.15) is 0 Å². The fourth-order valence-electron chi connectivity index (χ4n) is 1.74. The van der Waals surface area contributed by atoms with E-state index < -0.39 is 5.97 Å². The first-order valence-electron chi connectivity index (χ1n) is 5.75. The molecule has 0 saturated heterocycles. The summed E-state index contributed by atoms with van der Waals surface area (Å²) in [5, 5.41) is 13.1. The average Bonchev–Trinajstić information content (AvgIpc) is 2.37. The maximum atomic E-state index is 11.8. The molecule has 0 radical (unpaired) electrons. The number of nitrogens with one attached hydrogen (secondary N) is 1. The molecule has 0 fully saturated rings. The molecule has 98 valence electrons. The Balaban J connectivity index is 2.14. The summed E-state index contributed by atoms with van der Waals surface area (Å²) in [5.41, 5.74) is 0.528. The zero-order valence-electron chi connectivity index (χ0n) is 10.0. The van der Waals surface area contributed by atoms with Gasteiger partial charge in [-0.2, -0.15) is 0 Å². The van der Waals surface area contributed by atoms with Crippen molar-refractivity contribution in [3.05, 3.63) is 46.4 Å². The van der Waals surface area contributed by atoms with Gasteiger partial charge in [-0.15, -0.1) is 0 Å². The molecule has 1 amide bonds. The van der Waals surface area contributed by atoms with Crippen molar-refractivity contribution in [2.45, 2.75) is 6.42 Å². The first-order valence-corrected chi connectivity index (χ1v) is 6.55. The summed E-state index contributed by atoms with van der Waals surface area (Å²) in [6, 6.07) is 11.2. The van der Waals surface area contributed by atoms with Gasteiger partial charge in [0.05, 0.1) is 6.42 Å². The SMILES string of the molecule is O=C(O)CCNC(=O)c1ccc2cc(Br)ccc2c1. The molecule has 5 heteroatoms. The highest BCUT2D eigenvalue weighted by Crippen LogP contribution is 2.20. The molecule has 2 rings (SSSR count). The number of rotatable bonds is 4. The van der Waals surface area contributed by atoms with Crippen molar-refractivity contribution < 1.29 is 14.7 Å². The van der Waals surface area contributed by atoms with Crippen LogP contribution >= 0.6 is 15.9 Å². The number of halogens is 1. The molecule has 0 aliphatic carbocycles. The Hall–Kier alpha value is -1.88. The van der Waals surface area contributed by atoms with E-state index in [0.717, 1.165) is 15.2 Å². The third-order valence-electron chi connectivity index (χ3n) is 2.69. The molecular weight excluding hydrogens is 310 g/mol. The van der Waals surface area contributed by atoms with Crippen LogP contribution in [0.25, 0.3) is 10.8 Å². The number of carboxylic acids is 1. The van der Waals surface area contributed by atoms with E-state index in [1.54, 1.807) is 12.1 Å². The largest absolute Gasteiger partial charge is 0.481 e. The van der Waals surface area contributed by atoms with Crippen molar-refractivity contribution in [3.63, 3.8) is 0 Å². The third-order valence-corrected chi connectivity index (χ3v) is 3.18. The van der Waals surface area contributed by atoms with Gasteiger partial charge in [-0.25, -0.2) is 0 Å². The molecule has 0 aliphatic rings. The van der Waals surface area contributed by atoms with Gasteiger partial charge in [-0.1, -0.05) is 28.1 Å². The van der Waals surface area contributed by atoms with Crippen LogP contribution < -0.4 is 5.32 Å². The Morgan fingerprint density at radius 1 is 1.11 bits per heavy atom. The van der Waals surface area contributed by atoms with Crippen LogP contribution in [0.1, 0.15) is 16.8 Å². The van der Waals surface area contributed by atoms with E-state index >= 15 is 0 Å². The van der Waals surface area contributed by atoms with E-state index in [9.17, 15) is 9.59 Å². The molecule has 0 bridgehead atoms. The van der Waals surface area contributed by atoms with Gasteiger partial charge in [-0.3, -0.25) is 9.59 Å². The van der Waals surface area contributed by atoms with Gasteiger partial charge >= 0.3 is 5.97 Å². The zero-order valence-corrected chi connectivity index (χ0v) is 11.6. The molecule has 0 atom stereocenters. The zero-order chi connectivity index (χ0) is 13.8. The highest BCUT2D eigenvalue weighted by Gasteiger charge is 2.07. The lowest BCUT2D eigenvalue weighted by Gasteiger charge is -2.05. The number of aliphatic carboxylic acids is 1. The van der Waals surface area contributed by atoms with Crippen LogP contribution in [0.2, 0.25) is 0 Å². The van der Waals surface area contributed by atoms with E-state index in [0.29, 0.717) is 5.56 Å². The molecule has 0 heterocycles. The Kier molecular flexibility index (Phi) is 4.16. The summed E-state index contributed by atoms with van der Waals surface area (Å²) in [6.07, 6.45) is -0.0771. The first-order chi connectivity index (χ1) is 9.06. The van der Waals surface area contributed by atoms with Crippen LogP contribution in [-0.4, -0.2) is 23.5 Å². The van der Waals surface area contributed by atoms with E-state index in [1.165, 1.54) is 0 Å². The Morgan fingerprint density at radius 2 is 1.79 bits per heavy atom. The van der Waals surface area contributed by atoms with Crippen molar-refractivity contribution >= 4 is 38.6 Å². The van der Waals surface area contributed by atoms with Gasteiger partial charge in [0, 0.05) is 16.6 Å². The van der Waals surface area contributed by atoms with Crippen LogP contribution in [0.15, 0.2) is 40.9 Å². The molecule has 2 aromatic carbocycles. The maximum Gasteiger partial charge on any atom is 0.305 e. The van der Waals surface area contributed by atoms with Crippen LogP contribution in [0.3, 0.4) is 0 Å². The molecule has 19 heavy (non-hydrogen) atoms. The fourth-order valence-corrected chi connectivity index (χ4v) is 2.12. The average molecular weight is 322 g/mol. The fraction of sp³-hybridized carbons (Fsp3) is 0.143. The van der Waals surface area contributed by atoms with Gasteiger partial charge in [-0.05, 0) is 35.0 Å². The van der Waals surface area contributed by atoms with Gasteiger partial charge in [0.25, 0.3) is 5.91 Å². The second kappa shape index (κ2) is 5.84. The smallest absolute Gasteiger partial charge is 0.305 e. The van der Waals surface area contributed by atoms with E-state index in [4.69, 9.17) is 5.11 Å². The molecule has 0 unspecified atom stereocenters. The van der Waals surface area contributed by atoms with Crippen LogP contribution in [0, 0.1) is 0 Å². The summed E-state index contributed by atoms with van der Waals surface area (Å²) in [7, 11) is 0. The summed E-state index contributed by atoms with van der Waals surface area (Å²) >= 11 is 3.39. The molecular formula is C14H12BrNO3. The van der Waals surface area contributed by atoms with Gasteiger partial charge < -0.3 is 10.4 Å². The lowest BCUT2D eigenvalue weighted by atomic mass is 10.1. The van der Waals surface area contributed by atoms with E-state index in [-0.39, 0.29) is 18.9 Å². The molecule has 2 N–H and O–H groups in total. The number of fused-ring (bicyclic) bond motifs is 1. The number of hydrogen-bond donors (Lipinski definition) is 2. The maximum absolute atomic E-state index is 11.8. The molecule has 0 aromatic heterocycles. The highest BCUT2D eigenvalue weighted by molar-refractivity contribution is 9.10. The first kappa shape index (κ1) is 13.5. The molecule has 2 aromatic rings. The molecule has 0 aliphatic heterocycles. The monoisotopic (exact) mass is 321 g/mol. The lowest BCUT2D eigenvalue weighted by molar-refractivity contribution is -0.136. The van der Waals surface area contributed by atoms with Gasteiger partial charge in [0.15, 0.2) is 0 Å². The molecule has 0 spiro atoms.